The third-order valence-electron chi connectivity index (χ3n) is 2.26. The van der Waals surface area contributed by atoms with Gasteiger partial charge in [0.05, 0.1) is 5.54 Å². The van der Waals surface area contributed by atoms with Crippen molar-refractivity contribution in [2.45, 2.75) is 59.1 Å². The Hall–Kier alpha value is -1.06. The molecule has 0 rings (SSSR count). The molecule has 0 aromatic carbocycles. The summed E-state index contributed by atoms with van der Waals surface area (Å²) < 4.78 is 5.08. The van der Waals surface area contributed by atoms with Gasteiger partial charge in [-0.25, -0.2) is 4.79 Å². The van der Waals surface area contributed by atoms with Crippen molar-refractivity contribution in [2.24, 2.45) is 0 Å². The van der Waals surface area contributed by atoms with E-state index in [1.165, 1.54) is 6.92 Å². The summed E-state index contributed by atoms with van der Waals surface area (Å²) in [6.45, 7) is 10.3. The molecule has 0 spiro atoms. The third kappa shape index (κ3) is 4.81. The van der Waals surface area contributed by atoms with Crippen LogP contribution in [0.25, 0.3) is 0 Å². The number of ketones is 1. The number of carbonyl (C=O) groups is 2. The quantitative estimate of drug-likeness (QED) is 0.785. The van der Waals surface area contributed by atoms with E-state index in [4.69, 9.17) is 4.74 Å². The van der Waals surface area contributed by atoms with Crippen LogP contribution in [0.3, 0.4) is 0 Å². The molecular weight excluding hydrogens is 194 g/mol. The number of hydrogen-bond donors (Lipinski definition) is 1. The number of rotatable bonds is 3. The normalized spacial score (nSPS) is 15.3. The molecule has 1 amide bonds. The Morgan fingerprint density at radius 2 is 1.67 bits per heavy atom. The molecule has 0 aliphatic heterocycles. The van der Waals surface area contributed by atoms with E-state index in [0.717, 1.165) is 0 Å². The molecule has 4 nitrogen and oxygen atoms in total. The summed E-state index contributed by atoms with van der Waals surface area (Å²) in [5.41, 5.74) is -1.38. The molecule has 4 heteroatoms. The molecule has 0 aliphatic rings. The molecule has 0 fully saturated rings. The zero-order valence-corrected chi connectivity index (χ0v) is 10.4. The molecule has 0 aromatic heterocycles. The molecule has 0 heterocycles. The first-order valence-corrected chi connectivity index (χ1v) is 5.13. The highest BCUT2D eigenvalue weighted by Crippen LogP contribution is 2.13. The van der Waals surface area contributed by atoms with Gasteiger partial charge in [-0.2, -0.15) is 0 Å². The fraction of sp³-hybridized carbons (Fsp3) is 0.818. The minimum absolute atomic E-state index is 0.0733. The molecule has 0 saturated heterocycles. The molecular formula is C11H21NO3. The lowest BCUT2D eigenvalue weighted by Crippen LogP contribution is -2.52. The fourth-order valence-corrected chi connectivity index (χ4v) is 0.954. The first-order chi connectivity index (χ1) is 6.60. The zero-order chi connectivity index (χ0) is 12.3. The highest BCUT2D eigenvalue weighted by molar-refractivity contribution is 5.89. The number of hydrogen-bond acceptors (Lipinski definition) is 3. The maximum atomic E-state index is 11.5. The Labute approximate surface area is 91.4 Å². The summed E-state index contributed by atoms with van der Waals surface area (Å²) in [5.74, 6) is -0.0733. The van der Waals surface area contributed by atoms with Crippen molar-refractivity contribution >= 4 is 11.9 Å². The lowest BCUT2D eigenvalue weighted by atomic mass is 9.94. The number of alkyl carbamates (subject to hydrolysis) is 1. The van der Waals surface area contributed by atoms with E-state index in [1.54, 1.807) is 27.7 Å². The van der Waals surface area contributed by atoms with Gasteiger partial charge in [0.2, 0.25) is 0 Å². The van der Waals surface area contributed by atoms with Crippen LogP contribution < -0.4 is 5.32 Å². The number of carbonyl (C=O) groups excluding carboxylic acids is 2. The smallest absolute Gasteiger partial charge is 0.408 e. The number of ether oxygens (including phenoxy) is 1. The maximum Gasteiger partial charge on any atom is 0.408 e. The Balaban J connectivity index is 4.45. The van der Waals surface area contributed by atoms with Crippen LogP contribution in [0.4, 0.5) is 4.79 Å². The van der Waals surface area contributed by atoms with E-state index in [-0.39, 0.29) is 5.78 Å². The Morgan fingerprint density at radius 1 is 1.20 bits per heavy atom. The summed E-state index contributed by atoms with van der Waals surface area (Å²) in [6.07, 6.45) is -0.0104. The second-order valence-electron chi connectivity index (χ2n) is 4.87. The fourth-order valence-electron chi connectivity index (χ4n) is 0.954. The Bertz CT molecular complexity index is 255. The molecule has 0 aliphatic carbocycles. The Morgan fingerprint density at radius 3 is 1.93 bits per heavy atom. The van der Waals surface area contributed by atoms with Crippen LogP contribution in [0, 0.1) is 0 Å². The van der Waals surface area contributed by atoms with E-state index in [2.05, 4.69) is 5.32 Å². The summed E-state index contributed by atoms with van der Waals surface area (Å²) in [7, 11) is 0. The van der Waals surface area contributed by atoms with Crippen molar-refractivity contribution in [3.63, 3.8) is 0 Å². The van der Waals surface area contributed by atoms with E-state index in [9.17, 15) is 9.59 Å². The number of Topliss-reactive ketones (excluding diaryl/α,β-unsaturated/α-hetero) is 1. The molecule has 88 valence electrons. The standard InChI is InChI=1S/C11H21NO3/c1-7-11(6,8(2)13)12-9(14)15-10(3,4)5/h7H2,1-6H3,(H,12,14)/t11-/m1/s1. The van der Waals surface area contributed by atoms with Crippen LogP contribution >= 0.6 is 0 Å². The summed E-state index contributed by atoms with van der Waals surface area (Å²) in [5, 5.41) is 2.59. The molecule has 0 bridgehead atoms. The second-order valence-corrected chi connectivity index (χ2v) is 4.87. The zero-order valence-electron chi connectivity index (χ0n) is 10.4. The van der Waals surface area contributed by atoms with Crippen molar-refractivity contribution in [3.05, 3.63) is 0 Å². The molecule has 15 heavy (non-hydrogen) atoms. The summed E-state index contributed by atoms with van der Waals surface area (Å²) in [4.78, 5) is 22.8. The molecule has 0 aromatic rings. The van der Waals surface area contributed by atoms with Gasteiger partial charge < -0.3 is 10.1 Å². The first kappa shape index (κ1) is 13.9. The summed E-state index contributed by atoms with van der Waals surface area (Å²) >= 11 is 0. The van der Waals surface area contributed by atoms with E-state index < -0.39 is 17.2 Å². The number of amides is 1. The summed E-state index contributed by atoms with van der Waals surface area (Å²) in [6, 6.07) is 0. The van der Waals surface area contributed by atoms with Gasteiger partial charge >= 0.3 is 6.09 Å². The van der Waals surface area contributed by atoms with Crippen LogP contribution in [0.2, 0.25) is 0 Å². The third-order valence-corrected chi connectivity index (χ3v) is 2.26. The lowest BCUT2D eigenvalue weighted by Gasteiger charge is -2.28. The first-order valence-electron chi connectivity index (χ1n) is 5.13. The topological polar surface area (TPSA) is 55.4 Å². The monoisotopic (exact) mass is 215 g/mol. The van der Waals surface area contributed by atoms with Gasteiger partial charge in [0, 0.05) is 0 Å². The van der Waals surface area contributed by atoms with Crippen molar-refractivity contribution in [1.82, 2.24) is 5.32 Å². The lowest BCUT2D eigenvalue weighted by molar-refractivity contribution is -0.122. The average molecular weight is 215 g/mol. The second kappa shape index (κ2) is 4.64. The van der Waals surface area contributed by atoms with Gasteiger partial charge in [0.1, 0.15) is 5.60 Å². The van der Waals surface area contributed by atoms with Gasteiger partial charge in [-0.05, 0) is 41.0 Å². The van der Waals surface area contributed by atoms with Gasteiger partial charge in [0.15, 0.2) is 5.78 Å². The van der Waals surface area contributed by atoms with Crippen LogP contribution in [-0.2, 0) is 9.53 Å². The maximum absolute atomic E-state index is 11.5. The van der Waals surface area contributed by atoms with Crippen molar-refractivity contribution in [2.75, 3.05) is 0 Å². The van der Waals surface area contributed by atoms with Crippen LogP contribution in [0.1, 0.15) is 48.0 Å². The predicted octanol–water partition coefficient (Wildman–Crippen LogP) is 2.27. The van der Waals surface area contributed by atoms with Crippen LogP contribution in [-0.4, -0.2) is 23.0 Å². The van der Waals surface area contributed by atoms with Gasteiger partial charge in [-0.3, -0.25) is 4.79 Å². The van der Waals surface area contributed by atoms with Crippen molar-refractivity contribution in [3.8, 4) is 0 Å². The Kier molecular flexibility index (Phi) is 4.31. The van der Waals surface area contributed by atoms with Crippen molar-refractivity contribution < 1.29 is 14.3 Å². The van der Waals surface area contributed by atoms with Crippen LogP contribution in [0.15, 0.2) is 0 Å². The highest BCUT2D eigenvalue weighted by atomic mass is 16.6. The average Bonchev–Trinajstić information content (AvgIpc) is 1.99. The van der Waals surface area contributed by atoms with Gasteiger partial charge in [-0.15, -0.1) is 0 Å². The van der Waals surface area contributed by atoms with Crippen LogP contribution in [0.5, 0.6) is 0 Å². The molecule has 1 atom stereocenters. The molecule has 0 saturated carbocycles. The van der Waals surface area contributed by atoms with Crippen molar-refractivity contribution in [1.29, 1.82) is 0 Å². The largest absolute Gasteiger partial charge is 0.444 e. The molecule has 1 N–H and O–H groups in total. The number of nitrogens with one attached hydrogen (secondary N) is 1. The van der Waals surface area contributed by atoms with E-state index >= 15 is 0 Å². The van der Waals surface area contributed by atoms with E-state index in [0.29, 0.717) is 6.42 Å². The van der Waals surface area contributed by atoms with Gasteiger partial charge in [-0.1, -0.05) is 6.92 Å². The van der Waals surface area contributed by atoms with Gasteiger partial charge in [0.25, 0.3) is 0 Å². The highest BCUT2D eigenvalue weighted by Gasteiger charge is 2.31. The minimum atomic E-state index is -0.831. The predicted molar refractivity (Wildman–Crippen MR) is 58.7 cm³/mol. The molecule has 0 radical (unpaired) electrons. The minimum Gasteiger partial charge on any atom is -0.444 e. The van der Waals surface area contributed by atoms with E-state index in [1.807, 2.05) is 6.92 Å². The molecule has 0 unspecified atom stereocenters. The SMILES string of the molecule is CC[C@@](C)(NC(=O)OC(C)(C)C)C(C)=O.